The average molecular weight is 956 g/mol. The Bertz CT molecular complexity index is 3230. The van der Waals surface area contributed by atoms with Crippen LogP contribution in [0.2, 0.25) is 0 Å². The van der Waals surface area contributed by atoms with E-state index in [1.165, 1.54) is 255 Å². The Morgan fingerprint density at radius 3 is 0.836 bits per heavy atom. The third-order valence-electron chi connectivity index (χ3n) is 43.5. The molecule has 32 saturated carbocycles. The SMILES string of the molecule is CN1CC23C4C5C6C7C8C9C%10C%11C%12C%13C%10C%10C8C8C%14C%10C%10C%13C%13C%15C%12C%12C%16C%11C%11C9C7C7C9C%11C%16C%11C%16C%12C%15C%12C%15C%13C%10C%10C%14C(C4C86)C4C%10C%15C6C%12C%16C8C%11C9C(C75)C2C8C6C43C1c1ccc(C(=O)O)cc1. The zero-order valence-electron chi connectivity index (χ0n) is 41.9. The molecule has 73 heavy (non-hydrogen) atoms. The van der Waals surface area contributed by atoms with Crippen molar-refractivity contribution in [1.29, 1.82) is 0 Å². The minimum Gasteiger partial charge on any atom is -0.478 e. The van der Waals surface area contributed by atoms with E-state index in [1.807, 2.05) is 0 Å². The molecule has 61 unspecified atom stereocenters. The van der Waals surface area contributed by atoms with E-state index in [0.717, 1.165) is 94.7 Å². The highest BCUT2D eigenvalue weighted by Crippen LogP contribution is 3.09. The third kappa shape index (κ3) is 2.03. The molecule has 33 fully saturated rings. The maximum atomic E-state index is 12.9. The molecule has 34 rings (SSSR count). The Hall–Kier alpha value is -1.35. The Morgan fingerprint density at radius 2 is 0.534 bits per heavy atom. The standard InChI is InChI=1S/C70H69NO2/c1-71-6-69-63-56-49-37-29-20-11-9-10-12-15(11)24-31(29)39-40-32(24)30-21(12)23-19-14(10)17-16-13(9)18-22(20)35(37)43-41-27(18)25(16)33-34-26(17)28(19)42-44-36(23)38(30)50-52(40)61(60(63)51(39)49)65-58(50)55(44)59-48(42)46(34)53-45(33)47(41)57(54(43)56)64(69)62(53)66(59)70(65,69)67(71)7-2-4-8(5-3-7)68(72)73/h2-5,9-67H,6H2,1H3,(H,72,73). The van der Waals surface area contributed by atoms with Crippen LogP contribution in [0.25, 0.3) is 0 Å². The van der Waals surface area contributed by atoms with E-state index in [2.05, 4.69) is 36.2 Å². The zero-order valence-corrected chi connectivity index (χ0v) is 41.9. The summed E-state index contributed by atoms with van der Waals surface area (Å²) < 4.78 is 0. The molecule has 0 radical (unpaired) electrons. The van der Waals surface area contributed by atoms with E-state index in [1.54, 1.807) is 5.56 Å². The molecule has 0 amide bonds. The van der Waals surface area contributed by atoms with Crippen molar-refractivity contribution in [3.63, 3.8) is 0 Å². The monoisotopic (exact) mass is 956 g/mol. The van der Waals surface area contributed by atoms with Crippen molar-refractivity contribution in [2.24, 2.45) is 354 Å². The first-order valence-corrected chi connectivity index (χ1v) is 34.2. The van der Waals surface area contributed by atoms with Crippen LogP contribution in [0.5, 0.6) is 0 Å². The minimum absolute atomic E-state index is 0.460. The smallest absolute Gasteiger partial charge is 0.335 e. The average Bonchev–Trinajstić information content (AvgIpc) is 4.41. The molecule has 1 heterocycles. The van der Waals surface area contributed by atoms with E-state index in [4.69, 9.17) is 0 Å². The number of carboxylic acid groups (broad SMARTS) is 1. The number of hydrogen-bond acceptors (Lipinski definition) is 2. The van der Waals surface area contributed by atoms with Gasteiger partial charge in [-0.2, -0.15) is 0 Å². The maximum Gasteiger partial charge on any atom is 0.335 e. The summed E-state index contributed by atoms with van der Waals surface area (Å²) in [6, 6.07) is 9.96. The van der Waals surface area contributed by atoms with Gasteiger partial charge in [0.1, 0.15) is 0 Å². The molecule has 0 bridgehead atoms. The fraction of sp³-hybridized carbons (Fsp3) is 0.900. The van der Waals surface area contributed by atoms with Gasteiger partial charge < -0.3 is 5.11 Å². The highest BCUT2D eigenvalue weighted by Gasteiger charge is 3.06. The van der Waals surface area contributed by atoms with E-state index in [-0.39, 0.29) is 0 Å². The molecule has 366 valence electrons. The van der Waals surface area contributed by atoms with Crippen LogP contribution in [-0.4, -0.2) is 29.6 Å². The predicted octanol–water partition coefficient (Wildman–Crippen LogP) is 8.51. The minimum atomic E-state index is -0.699. The highest BCUT2D eigenvalue weighted by atomic mass is 16.4. The van der Waals surface area contributed by atoms with Crippen molar-refractivity contribution in [1.82, 2.24) is 4.90 Å². The first kappa shape index (κ1) is 33.3. The molecule has 1 aromatic carbocycles. The Balaban J connectivity index is 0.838. The topological polar surface area (TPSA) is 40.5 Å². The Labute approximate surface area is 427 Å². The molecule has 61 atom stereocenters. The van der Waals surface area contributed by atoms with Crippen LogP contribution in [0.3, 0.4) is 0 Å². The molecule has 1 N–H and O–H groups in total. The van der Waals surface area contributed by atoms with Gasteiger partial charge >= 0.3 is 5.97 Å². The normalized spacial score (nSPS) is 94.9. The molecular formula is C70H69NO2. The number of carboxylic acids is 1. The first-order valence-electron chi connectivity index (χ1n) is 34.2. The van der Waals surface area contributed by atoms with E-state index >= 15 is 0 Å². The van der Waals surface area contributed by atoms with Crippen molar-refractivity contribution >= 4 is 5.97 Å². The largest absolute Gasteiger partial charge is 0.478 e. The lowest BCUT2D eigenvalue weighted by Gasteiger charge is -2.72. The molecule has 0 aromatic heterocycles. The molecule has 1 aromatic rings. The maximum absolute atomic E-state index is 12.9. The molecule has 3 heteroatoms. The van der Waals surface area contributed by atoms with Crippen molar-refractivity contribution in [3.8, 4) is 0 Å². The lowest BCUT2D eigenvalue weighted by atomic mass is 9.31. The van der Waals surface area contributed by atoms with Gasteiger partial charge in [0.2, 0.25) is 0 Å². The summed E-state index contributed by atoms with van der Waals surface area (Å²) in [5.41, 5.74) is 3.23. The van der Waals surface area contributed by atoms with Crippen molar-refractivity contribution in [2.75, 3.05) is 13.6 Å². The van der Waals surface area contributed by atoms with Gasteiger partial charge in [-0.3, -0.25) is 4.90 Å². The fourth-order valence-corrected chi connectivity index (χ4v) is 49.8. The van der Waals surface area contributed by atoms with Crippen molar-refractivity contribution in [2.45, 2.75) is 6.04 Å². The van der Waals surface area contributed by atoms with E-state index in [9.17, 15) is 9.90 Å². The number of benzene rings is 1. The van der Waals surface area contributed by atoms with Crippen LogP contribution in [0.1, 0.15) is 22.0 Å². The van der Waals surface area contributed by atoms with E-state index in [0.29, 0.717) is 22.4 Å². The number of likely N-dealkylation sites (tertiary alicyclic amines) is 1. The number of hydrogen-bond donors (Lipinski definition) is 1. The highest BCUT2D eigenvalue weighted by molar-refractivity contribution is 5.87. The summed E-state index contributed by atoms with van der Waals surface area (Å²) in [6.07, 6.45) is 0. The Kier molecular flexibility index (Phi) is 3.73. The second kappa shape index (κ2) is 8.18. The number of aromatic carboxylic acids is 1. The van der Waals surface area contributed by atoms with Gasteiger partial charge in [-0.15, -0.1) is 0 Å². The van der Waals surface area contributed by atoms with Crippen LogP contribution in [0.15, 0.2) is 24.3 Å². The van der Waals surface area contributed by atoms with Crippen LogP contribution >= 0.6 is 0 Å². The summed E-state index contributed by atoms with van der Waals surface area (Å²) in [7, 11) is 2.80. The predicted molar refractivity (Wildman–Crippen MR) is 256 cm³/mol. The van der Waals surface area contributed by atoms with Gasteiger partial charge in [0, 0.05) is 18.0 Å². The van der Waals surface area contributed by atoms with Crippen LogP contribution < -0.4 is 0 Å². The van der Waals surface area contributed by atoms with Gasteiger partial charge in [-0.25, -0.2) is 4.79 Å². The van der Waals surface area contributed by atoms with Gasteiger partial charge in [-0.05, 0) is 373 Å². The molecular weight excluding hydrogens is 887 g/mol. The summed E-state index contributed by atoms with van der Waals surface area (Å²) in [6.45, 7) is 1.50. The molecule has 2 spiro atoms. The van der Waals surface area contributed by atoms with Crippen LogP contribution in [0, 0.1) is 354 Å². The molecule has 1 aliphatic heterocycles. The number of carbonyl (C=O) groups is 1. The molecule has 32 aliphatic carbocycles. The van der Waals surface area contributed by atoms with Crippen LogP contribution in [-0.2, 0) is 0 Å². The number of rotatable bonds is 2. The lowest BCUT2D eigenvalue weighted by Crippen LogP contribution is -2.70. The lowest BCUT2D eigenvalue weighted by molar-refractivity contribution is -0.256. The quantitative estimate of drug-likeness (QED) is 0.324. The van der Waals surface area contributed by atoms with Crippen molar-refractivity contribution < 1.29 is 9.90 Å². The second-order valence-electron chi connectivity index (χ2n) is 38.5. The van der Waals surface area contributed by atoms with Gasteiger partial charge in [0.05, 0.1) is 5.56 Å². The third-order valence-corrected chi connectivity index (χ3v) is 43.5. The Morgan fingerprint density at radius 1 is 0.329 bits per heavy atom. The number of nitrogens with zero attached hydrogens (tertiary/aromatic N) is 1. The summed E-state index contributed by atoms with van der Waals surface area (Å²) >= 11 is 0. The van der Waals surface area contributed by atoms with Gasteiger partial charge in [0.25, 0.3) is 0 Å². The van der Waals surface area contributed by atoms with Gasteiger partial charge in [0.15, 0.2) is 0 Å². The second-order valence-corrected chi connectivity index (χ2v) is 38.5. The fourth-order valence-electron chi connectivity index (χ4n) is 49.8. The zero-order chi connectivity index (χ0) is 43.9. The molecule has 3 nitrogen and oxygen atoms in total. The van der Waals surface area contributed by atoms with Crippen molar-refractivity contribution in [3.05, 3.63) is 35.4 Å². The summed E-state index contributed by atoms with van der Waals surface area (Å²) in [4.78, 5) is 16.1. The molecule has 33 aliphatic rings. The van der Waals surface area contributed by atoms with Crippen LogP contribution in [0.4, 0.5) is 0 Å². The molecule has 1 saturated heterocycles. The summed E-state index contributed by atoms with van der Waals surface area (Å²) in [5, 5.41) is 10.6. The first-order chi connectivity index (χ1) is 36.2. The van der Waals surface area contributed by atoms with E-state index < -0.39 is 5.97 Å². The summed E-state index contributed by atoms with van der Waals surface area (Å²) in [5.74, 6) is 68.5. The van der Waals surface area contributed by atoms with Gasteiger partial charge in [-0.1, -0.05) is 12.1 Å².